The number of nitrogens with one attached hydrogen (secondary N) is 1. The van der Waals surface area contributed by atoms with E-state index in [2.05, 4.69) is 5.32 Å². The fourth-order valence-electron chi connectivity index (χ4n) is 0.520. The monoisotopic (exact) mass is 128 g/mol. The van der Waals surface area contributed by atoms with Gasteiger partial charge in [-0.3, -0.25) is 0 Å². The van der Waals surface area contributed by atoms with Gasteiger partial charge in [0.1, 0.15) is 0 Å². The summed E-state index contributed by atoms with van der Waals surface area (Å²) < 4.78 is 0. The molecule has 0 aromatic carbocycles. The van der Waals surface area contributed by atoms with Crippen molar-refractivity contribution in [1.29, 1.82) is 5.26 Å². The zero-order valence-corrected chi connectivity index (χ0v) is 5.59. The Labute approximate surface area is 55.3 Å². The number of aliphatic hydroxyl groups is 1. The molecule has 52 valence electrons. The van der Waals surface area contributed by atoms with Crippen LogP contribution in [0, 0.1) is 11.3 Å². The summed E-state index contributed by atoms with van der Waals surface area (Å²) >= 11 is 0. The maximum absolute atomic E-state index is 8.34. The molecule has 0 aliphatic heterocycles. The quantitative estimate of drug-likeness (QED) is 0.554. The molecule has 0 radical (unpaired) electrons. The van der Waals surface area contributed by atoms with Crippen LogP contribution in [-0.2, 0) is 0 Å². The normalized spacial score (nSPS) is 12.6. The van der Waals surface area contributed by atoms with Crippen molar-refractivity contribution in [2.24, 2.45) is 0 Å². The number of nitrogens with zero attached hydrogens (tertiary/aromatic N) is 1. The molecule has 0 rings (SSSR count). The topological polar surface area (TPSA) is 56.0 Å². The summed E-state index contributed by atoms with van der Waals surface area (Å²) in [7, 11) is 0. The number of nitriles is 1. The molecule has 0 fully saturated rings. The van der Waals surface area contributed by atoms with Crippen molar-refractivity contribution in [2.45, 2.75) is 19.4 Å². The van der Waals surface area contributed by atoms with Crippen LogP contribution < -0.4 is 5.32 Å². The first-order valence-corrected chi connectivity index (χ1v) is 3.02. The van der Waals surface area contributed by atoms with Crippen molar-refractivity contribution in [3.8, 4) is 6.07 Å². The largest absolute Gasteiger partial charge is 0.395 e. The molecular formula is C6H12N2O. The summed E-state index contributed by atoms with van der Waals surface area (Å²) in [6.45, 7) is 2.62. The maximum atomic E-state index is 8.34. The van der Waals surface area contributed by atoms with E-state index in [4.69, 9.17) is 10.4 Å². The van der Waals surface area contributed by atoms with E-state index in [1.165, 1.54) is 0 Å². The molecule has 0 aromatic heterocycles. The molecule has 0 aliphatic carbocycles. The third-order valence-electron chi connectivity index (χ3n) is 1.00. The SMILES string of the molecule is CC(CC#N)NCCO. The standard InChI is InChI=1S/C6H12N2O/c1-6(2-3-7)8-4-5-9/h6,8-9H,2,4-5H2,1H3. The third-order valence-corrected chi connectivity index (χ3v) is 1.00. The zero-order valence-electron chi connectivity index (χ0n) is 5.59. The van der Waals surface area contributed by atoms with Crippen LogP contribution in [0.5, 0.6) is 0 Å². The lowest BCUT2D eigenvalue weighted by atomic mass is 10.2. The van der Waals surface area contributed by atoms with Gasteiger partial charge in [0.25, 0.3) is 0 Å². The first-order valence-electron chi connectivity index (χ1n) is 3.02. The molecule has 0 aromatic rings. The van der Waals surface area contributed by atoms with Crippen LogP contribution >= 0.6 is 0 Å². The molecule has 1 atom stereocenters. The fourth-order valence-corrected chi connectivity index (χ4v) is 0.520. The molecule has 0 heterocycles. The van der Waals surface area contributed by atoms with Gasteiger partial charge >= 0.3 is 0 Å². The van der Waals surface area contributed by atoms with Crippen LogP contribution in [-0.4, -0.2) is 24.3 Å². The average Bonchev–Trinajstić information content (AvgIpc) is 1.85. The van der Waals surface area contributed by atoms with Crippen molar-refractivity contribution >= 4 is 0 Å². The van der Waals surface area contributed by atoms with Crippen molar-refractivity contribution < 1.29 is 5.11 Å². The Hall–Kier alpha value is -0.590. The second-order valence-electron chi connectivity index (χ2n) is 1.94. The van der Waals surface area contributed by atoms with Gasteiger partial charge in [-0.15, -0.1) is 0 Å². The number of aliphatic hydroxyl groups excluding tert-OH is 1. The first-order chi connectivity index (χ1) is 4.31. The fraction of sp³-hybridized carbons (Fsp3) is 0.833. The number of rotatable bonds is 4. The molecule has 9 heavy (non-hydrogen) atoms. The Kier molecular flexibility index (Phi) is 5.18. The van der Waals surface area contributed by atoms with Gasteiger partial charge in [-0.1, -0.05) is 0 Å². The van der Waals surface area contributed by atoms with Crippen LogP contribution in [0.25, 0.3) is 0 Å². The van der Waals surface area contributed by atoms with E-state index in [1.807, 2.05) is 13.0 Å². The lowest BCUT2D eigenvalue weighted by Gasteiger charge is -2.06. The van der Waals surface area contributed by atoms with Crippen molar-refractivity contribution in [1.82, 2.24) is 5.32 Å². The molecule has 0 aliphatic rings. The van der Waals surface area contributed by atoms with Crippen LogP contribution in [0.2, 0.25) is 0 Å². The lowest BCUT2D eigenvalue weighted by molar-refractivity contribution is 0.286. The summed E-state index contributed by atoms with van der Waals surface area (Å²) in [4.78, 5) is 0. The summed E-state index contributed by atoms with van der Waals surface area (Å²) in [6, 6.07) is 2.23. The molecule has 0 spiro atoms. The minimum atomic E-state index is 0.135. The van der Waals surface area contributed by atoms with Crippen molar-refractivity contribution in [3.63, 3.8) is 0 Å². The highest BCUT2D eigenvalue weighted by atomic mass is 16.3. The lowest BCUT2D eigenvalue weighted by Crippen LogP contribution is -2.28. The third kappa shape index (κ3) is 5.28. The summed E-state index contributed by atoms with van der Waals surface area (Å²) in [6.07, 6.45) is 0.500. The zero-order chi connectivity index (χ0) is 7.11. The molecule has 0 bridgehead atoms. The highest BCUT2D eigenvalue weighted by molar-refractivity contribution is 4.76. The highest BCUT2D eigenvalue weighted by Crippen LogP contribution is 1.85. The van der Waals surface area contributed by atoms with Gasteiger partial charge in [-0.2, -0.15) is 5.26 Å². The van der Waals surface area contributed by atoms with E-state index < -0.39 is 0 Å². The Bertz CT molecular complexity index is 97.7. The Balaban J connectivity index is 3.08. The molecule has 0 saturated carbocycles. The van der Waals surface area contributed by atoms with E-state index in [0.29, 0.717) is 13.0 Å². The van der Waals surface area contributed by atoms with Gasteiger partial charge in [0.2, 0.25) is 0 Å². The van der Waals surface area contributed by atoms with Crippen LogP contribution in [0.1, 0.15) is 13.3 Å². The van der Waals surface area contributed by atoms with Gasteiger partial charge in [-0.25, -0.2) is 0 Å². The molecule has 0 amide bonds. The predicted molar refractivity (Wildman–Crippen MR) is 34.8 cm³/mol. The van der Waals surface area contributed by atoms with Crippen molar-refractivity contribution in [2.75, 3.05) is 13.2 Å². The van der Waals surface area contributed by atoms with Crippen LogP contribution in [0.15, 0.2) is 0 Å². The van der Waals surface area contributed by atoms with E-state index in [9.17, 15) is 0 Å². The average molecular weight is 128 g/mol. The van der Waals surface area contributed by atoms with Crippen LogP contribution in [0.4, 0.5) is 0 Å². The minimum Gasteiger partial charge on any atom is -0.395 e. The predicted octanol–water partition coefficient (Wildman–Crippen LogP) is -0.130. The van der Waals surface area contributed by atoms with Gasteiger partial charge < -0.3 is 10.4 Å². The summed E-state index contributed by atoms with van der Waals surface area (Å²) in [5, 5.41) is 19.5. The maximum Gasteiger partial charge on any atom is 0.0638 e. The van der Waals surface area contributed by atoms with Gasteiger partial charge in [-0.05, 0) is 6.92 Å². The van der Waals surface area contributed by atoms with Gasteiger partial charge in [0, 0.05) is 12.6 Å². The minimum absolute atomic E-state index is 0.135. The molecule has 3 nitrogen and oxygen atoms in total. The summed E-state index contributed by atoms with van der Waals surface area (Å²) in [5.74, 6) is 0. The molecule has 3 heteroatoms. The molecule has 2 N–H and O–H groups in total. The highest BCUT2D eigenvalue weighted by Gasteiger charge is 1.96. The van der Waals surface area contributed by atoms with Gasteiger partial charge in [0.05, 0.1) is 19.1 Å². The van der Waals surface area contributed by atoms with E-state index in [-0.39, 0.29) is 12.6 Å². The second kappa shape index (κ2) is 5.54. The van der Waals surface area contributed by atoms with E-state index in [0.717, 1.165) is 0 Å². The van der Waals surface area contributed by atoms with Crippen molar-refractivity contribution in [3.05, 3.63) is 0 Å². The van der Waals surface area contributed by atoms with E-state index >= 15 is 0 Å². The van der Waals surface area contributed by atoms with Crippen LogP contribution in [0.3, 0.4) is 0 Å². The Morgan fingerprint density at radius 3 is 2.89 bits per heavy atom. The van der Waals surface area contributed by atoms with Gasteiger partial charge in [0.15, 0.2) is 0 Å². The second-order valence-corrected chi connectivity index (χ2v) is 1.94. The number of hydrogen-bond donors (Lipinski definition) is 2. The smallest absolute Gasteiger partial charge is 0.0638 e. The number of hydrogen-bond acceptors (Lipinski definition) is 3. The Morgan fingerprint density at radius 1 is 1.78 bits per heavy atom. The molecule has 1 unspecified atom stereocenters. The van der Waals surface area contributed by atoms with E-state index in [1.54, 1.807) is 0 Å². The summed E-state index contributed by atoms with van der Waals surface area (Å²) in [5.41, 5.74) is 0. The first kappa shape index (κ1) is 8.41. The molecule has 0 saturated heterocycles. The Morgan fingerprint density at radius 2 is 2.44 bits per heavy atom. The molecular weight excluding hydrogens is 116 g/mol.